The molecule has 1 fully saturated rings. The molecule has 0 saturated heterocycles. The first kappa shape index (κ1) is 20.5. The van der Waals surface area contributed by atoms with Crippen LogP contribution in [0.5, 0.6) is 0 Å². The zero-order valence-corrected chi connectivity index (χ0v) is 16.8. The van der Waals surface area contributed by atoms with Crippen LogP contribution in [0.25, 0.3) is 6.08 Å². The summed E-state index contributed by atoms with van der Waals surface area (Å²) >= 11 is 0. The molecule has 3 heteroatoms. The molecule has 0 amide bonds. The Labute approximate surface area is 159 Å². The lowest BCUT2D eigenvalue weighted by atomic mass is 9.72. The van der Waals surface area contributed by atoms with Crippen LogP contribution in [0.1, 0.15) is 71.3 Å². The maximum Gasteiger partial charge on any atom is 0.330 e. The van der Waals surface area contributed by atoms with Crippen LogP contribution in [-0.2, 0) is 9.53 Å². The Kier molecular flexibility index (Phi) is 8.21. The van der Waals surface area contributed by atoms with Crippen molar-refractivity contribution in [2.45, 2.75) is 65.7 Å². The van der Waals surface area contributed by atoms with Crippen molar-refractivity contribution in [2.75, 3.05) is 24.6 Å². The van der Waals surface area contributed by atoms with Crippen LogP contribution in [0.3, 0.4) is 0 Å². The van der Waals surface area contributed by atoms with E-state index < -0.39 is 0 Å². The van der Waals surface area contributed by atoms with Crippen LogP contribution in [-0.4, -0.2) is 25.7 Å². The fraction of sp³-hybridized carbons (Fsp3) is 0.609. The lowest BCUT2D eigenvalue weighted by Gasteiger charge is -2.41. The summed E-state index contributed by atoms with van der Waals surface area (Å²) < 4.78 is 4.93. The van der Waals surface area contributed by atoms with Gasteiger partial charge in [0.1, 0.15) is 0 Å². The van der Waals surface area contributed by atoms with Gasteiger partial charge in [-0.3, -0.25) is 0 Å². The van der Waals surface area contributed by atoms with Crippen LogP contribution >= 0.6 is 0 Å². The second kappa shape index (κ2) is 10.4. The summed E-state index contributed by atoms with van der Waals surface area (Å²) in [5, 5.41) is 0. The lowest BCUT2D eigenvalue weighted by molar-refractivity contribution is -0.137. The van der Waals surface area contributed by atoms with Gasteiger partial charge in [0, 0.05) is 24.9 Å². The summed E-state index contributed by atoms with van der Waals surface area (Å²) in [4.78, 5) is 14.0. The van der Waals surface area contributed by atoms with Crippen molar-refractivity contribution in [3.05, 3.63) is 35.9 Å². The summed E-state index contributed by atoms with van der Waals surface area (Å²) in [7, 11) is 0. The van der Waals surface area contributed by atoms with Crippen LogP contribution in [0.15, 0.2) is 30.3 Å². The number of esters is 1. The Bertz CT molecular complexity index is 570. The summed E-state index contributed by atoms with van der Waals surface area (Å²) in [6.07, 6.45) is 12.6. The molecule has 0 radical (unpaired) electrons. The maximum absolute atomic E-state index is 11.4. The Morgan fingerprint density at radius 1 is 1.12 bits per heavy atom. The van der Waals surface area contributed by atoms with Crippen LogP contribution in [0.2, 0.25) is 0 Å². The van der Waals surface area contributed by atoms with Gasteiger partial charge in [0.2, 0.25) is 0 Å². The van der Waals surface area contributed by atoms with E-state index in [1.54, 1.807) is 0 Å². The van der Waals surface area contributed by atoms with Gasteiger partial charge >= 0.3 is 5.97 Å². The molecule has 1 aromatic carbocycles. The Hall–Kier alpha value is -1.77. The van der Waals surface area contributed by atoms with E-state index in [-0.39, 0.29) is 5.97 Å². The topological polar surface area (TPSA) is 29.5 Å². The van der Waals surface area contributed by atoms with E-state index in [2.05, 4.69) is 43.0 Å². The fourth-order valence-corrected chi connectivity index (χ4v) is 4.05. The van der Waals surface area contributed by atoms with Crippen molar-refractivity contribution in [3.63, 3.8) is 0 Å². The van der Waals surface area contributed by atoms with Crippen molar-refractivity contribution in [2.24, 2.45) is 5.41 Å². The van der Waals surface area contributed by atoms with Gasteiger partial charge in [0.05, 0.1) is 6.61 Å². The quantitative estimate of drug-likeness (QED) is 0.411. The van der Waals surface area contributed by atoms with Gasteiger partial charge < -0.3 is 9.64 Å². The number of carbonyl (C=O) groups is 1. The molecule has 144 valence electrons. The standard InChI is InChI=1S/C23H35NO2/c1-4-18-24(19-23(5-2)16-8-7-9-17-23)21-13-10-20(11-14-21)12-15-22(25)26-6-3/h10-15H,4-9,16-19H2,1-3H3. The molecule has 0 bridgehead atoms. The highest BCUT2D eigenvalue weighted by molar-refractivity contribution is 5.87. The summed E-state index contributed by atoms with van der Waals surface area (Å²) in [5.74, 6) is -0.286. The number of hydrogen-bond donors (Lipinski definition) is 0. The number of carbonyl (C=O) groups excluding carboxylic acids is 1. The van der Waals surface area contributed by atoms with Gasteiger partial charge in [0.15, 0.2) is 0 Å². The van der Waals surface area contributed by atoms with E-state index in [1.165, 1.54) is 50.3 Å². The van der Waals surface area contributed by atoms with E-state index in [4.69, 9.17) is 4.74 Å². The lowest BCUT2D eigenvalue weighted by Crippen LogP contribution is -2.39. The zero-order valence-electron chi connectivity index (χ0n) is 16.8. The minimum atomic E-state index is -0.286. The molecule has 0 heterocycles. The zero-order chi connectivity index (χ0) is 18.8. The molecule has 0 N–H and O–H groups in total. The molecule has 0 aliphatic heterocycles. The Morgan fingerprint density at radius 3 is 2.38 bits per heavy atom. The van der Waals surface area contributed by atoms with Crippen molar-refractivity contribution in [1.82, 2.24) is 0 Å². The highest BCUT2D eigenvalue weighted by Crippen LogP contribution is 2.40. The van der Waals surface area contributed by atoms with Crippen LogP contribution in [0, 0.1) is 5.41 Å². The molecule has 1 aliphatic rings. The minimum absolute atomic E-state index is 0.286. The SMILES string of the molecule is CCCN(CC1(CC)CCCCC1)c1ccc(C=CC(=O)OCC)cc1. The molecule has 26 heavy (non-hydrogen) atoms. The van der Waals surface area contributed by atoms with Gasteiger partial charge in [-0.2, -0.15) is 0 Å². The number of nitrogens with zero attached hydrogens (tertiary/aromatic N) is 1. The Balaban J connectivity index is 2.08. The predicted molar refractivity (Wildman–Crippen MR) is 110 cm³/mol. The average Bonchev–Trinajstić information content (AvgIpc) is 2.67. The van der Waals surface area contributed by atoms with E-state index in [0.717, 1.165) is 25.1 Å². The van der Waals surface area contributed by atoms with Gasteiger partial charge in [0.25, 0.3) is 0 Å². The van der Waals surface area contributed by atoms with Gasteiger partial charge in [-0.25, -0.2) is 4.79 Å². The second-order valence-corrected chi connectivity index (χ2v) is 7.51. The number of anilines is 1. The monoisotopic (exact) mass is 357 g/mol. The summed E-state index contributed by atoms with van der Waals surface area (Å²) in [5.41, 5.74) is 2.80. The smallest absolute Gasteiger partial charge is 0.330 e. The van der Waals surface area contributed by atoms with Gasteiger partial charge in [-0.1, -0.05) is 45.2 Å². The summed E-state index contributed by atoms with van der Waals surface area (Å²) in [6, 6.07) is 8.56. The summed E-state index contributed by atoms with van der Waals surface area (Å²) in [6.45, 7) is 9.10. The van der Waals surface area contributed by atoms with Crippen LogP contribution < -0.4 is 4.90 Å². The largest absolute Gasteiger partial charge is 0.463 e. The number of benzene rings is 1. The van der Waals surface area contributed by atoms with Crippen molar-refractivity contribution in [1.29, 1.82) is 0 Å². The highest BCUT2D eigenvalue weighted by atomic mass is 16.5. The number of ether oxygens (including phenoxy) is 1. The van der Waals surface area contributed by atoms with Gasteiger partial charge in [-0.05, 0) is 61.8 Å². The molecule has 0 aromatic heterocycles. The second-order valence-electron chi connectivity index (χ2n) is 7.51. The molecular weight excluding hydrogens is 322 g/mol. The number of rotatable bonds is 9. The molecule has 0 spiro atoms. The first-order chi connectivity index (χ1) is 12.6. The third-order valence-electron chi connectivity index (χ3n) is 5.64. The third kappa shape index (κ3) is 5.89. The first-order valence-corrected chi connectivity index (χ1v) is 10.3. The molecule has 1 saturated carbocycles. The predicted octanol–water partition coefficient (Wildman–Crippen LogP) is 5.84. The van der Waals surface area contributed by atoms with Crippen LogP contribution in [0.4, 0.5) is 5.69 Å². The maximum atomic E-state index is 11.4. The molecule has 0 atom stereocenters. The highest BCUT2D eigenvalue weighted by Gasteiger charge is 2.32. The van der Waals surface area contributed by atoms with Crippen molar-refractivity contribution in [3.8, 4) is 0 Å². The van der Waals surface area contributed by atoms with E-state index in [0.29, 0.717) is 12.0 Å². The average molecular weight is 358 g/mol. The third-order valence-corrected chi connectivity index (χ3v) is 5.64. The normalized spacial score (nSPS) is 16.6. The van der Waals surface area contributed by atoms with Crippen molar-refractivity contribution < 1.29 is 9.53 Å². The molecule has 1 aromatic rings. The molecule has 0 unspecified atom stereocenters. The molecule has 2 rings (SSSR count). The van der Waals surface area contributed by atoms with Gasteiger partial charge in [-0.15, -0.1) is 0 Å². The molecule has 3 nitrogen and oxygen atoms in total. The first-order valence-electron chi connectivity index (χ1n) is 10.3. The van der Waals surface area contributed by atoms with E-state index in [1.807, 2.05) is 13.0 Å². The van der Waals surface area contributed by atoms with Crippen molar-refractivity contribution >= 4 is 17.7 Å². The van der Waals surface area contributed by atoms with E-state index in [9.17, 15) is 4.79 Å². The Morgan fingerprint density at radius 2 is 1.81 bits per heavy atom. The molecule has 1 aliphatic carbocycles. The number of hydrogen-bond acceptors (Lipinski definition) is 3. The molecular formula is C23H35NO2. The fourth-order valence-electron chi connectivity index (χ4n) is 4.05. The minimum Gasteiger partial charge on any atom is -0.463 e. The van der Waals surface area contributed by atoms with E-state index >= 15 is 0 Å².